The maximum Gasteiger partial charge on any atom is 0.417 e. The molecule has 3 aromatic rings. The number of benzene rings is 2. The van der Waals surface area contributed by atoms with Gasteiger partial charge in [0.1, 0.15) is 5.75 Å². The first-order valence-corrected chi connectivity index (χ1v) is 9.93. The van der Waals surface area contributed by atoms with E-state index in [9.17, 15) is 13.2 Å². The predicted octanol–water partition coefficient (Wildman–Crippen LogP) is 1.64. The third-order valence-electron chi connectivity index (χ3n) is 4.71. The topological polar surface area (TPSA) is 95.9 Å². The fourth-order valence-electron chi connectivity index (χ4n) is 3.21. The van der Waals surface area contributed by atoms with E-state index in [0.29, 0.717) is 31.7 Å². The normalized spacial score (nSPS) is 16.0. The van der Waals surface area contributed by atoms with Gasteiger partial charge in [0.2, 0.25) is 10.0 Å². The minimum absolute atomic E-state index is 0.121. The quantitative estimate of drug-likeness (QED) is 0.729. The fourth-order valence-corrected chi connectivity index (χ4v) is 4.65. The molecule has 1 aromatic heterocycles. The first-order chi connectivity index (χ1) is 13.0. The zero-order valence-corrected chi connectivity index (χ0v) is 15.5. The molecule has 0 atom stereocenters. The van der Waals surface area contributed by atoms with Gasteiger partial charge in [0.05, 0.1) is 17.5 Å². The largest absolute Gasteiger partial charge is 0.497 e. The summed E-state index contributed by atoms with van der Waals surface area (Å²) < 4.78 is 37.4. The molecule has 1 aliphatic heterocycles. The van der Waals surface area contributed by atoms with Gasteiger partial charge < -0.3 is 14.1 Å². The third-order valence-corrected chi connectivity index (χ3v) is 6.60. The number of nitrogens with one attached hydrogen (secondary N) is 1. The summed E-state index contributed by atoms with van der Waals surface area (Å²) in [6, 6.07) is 12.1. The van der Waals surface area contributed by atoms with Crippen molar-refractivity contribution in [3.63, 3.8) is 0 Å². The molecule has 8 nitrogen and oxygen atoms in total. The van der Waals surface area contributed by atoms with Crippen molar-refractivity contribution in [3.8, 4) is 5.75 Å². The first kappa shape index (κ1) is 17.6. The zero-order chi connectivity index (χ0) is 19.0. The molecule has 0 amide bonds. The van der Waals surface area contributed by atoms with Gasteiger partial charge in [0.15, 0.2) is 5.58 Å². The summed E-state index contributed by atoms with van der Waals surface area (Å²) in [5, 5.41) is 0. The Bertz CT molecular complexity index is 1110. The average molecular weight is 389 g/mol. The molecular weight excluding hydrogens is 370 g/mol. The number of methoxy groups -OCH3 is 1. The number of sulfonamides is 1. The van der Waals surface area contributed by atoms with E-state index in [1.807, 2.05) is 24.3 Å². The predicted molar refractivity (Wildman–Crippen MR) is 101 cm³/mol. The van der Waals surface area contributed by atoms with Crippen LogP contribution < -0.4 is 15.4 Å². The standard InChI is InChI=1S/C18H19N3O5S/c1-25-14-4-2-13(3-5-14)20-8-10-21(11-9-20)27(23,24)15-6-7-16-17(12-15)26-18(22)19-16/h2-7,12H,8-11H2,1H3,(H,19,22). The summed E-state index contributed by atoms with van der Waals surface area (Å²) in [6.45, 7) is 1.94. The lowest BCUT2D eigenvalue weighted by atomic mass is 10.2. The number of ether oxygens (including phenoxy) is 1. The van der Waals surface area contributed by atoms with E-state index in [1.54, 1.807) is 13.2 Å². The Morgan fingerprint density at radius 2 is 1.74 bits per heavy atom. The number of oxazole rings is 1. The Morgan fingerprint density at radius 3 is 2.41 bits per heavy atom. The summed E-state index contributed by atoms with van der Waals surface area (Å²) in [4.78, 5) is 16.0. The van der Waals surface area contributed by atoms with Crippen molar-refractivity contribution in [1.82, 2.24) is 9.29 Å². The molecule has 2 aromatic carbocycles. The minimum Gasteiger partial charge on any atom is -0.497 e. The second-order valence-electron chi connectivity index (χ2n) is 6.26. The lowest BCUT2D eigenvalue weighted by Crippen LogP contribution is -2.48. The Labute approximate surface area is 156 Å². The molecule has 0 saturated carbocycles. The van der Waals surface area contributed by atoms with Crippen LogP contribution in [0.1, 0.15) is 0 Å². The number of H-pyrrole nitrogens is 1. The number of hydrogen-bond acceptors (Lipinski definition) is 6. The number of piperazine rings is 1. The van der Waals surface area contributed by atoms with Gasteiger partial charge in [-0.1, -0.05) is 0 Å². The molecule has 0 aliphatic carbocycles. The van der Waals surface area contributed by atoms with E-state index in [-0.39, 0.29) is 10.5 Å². The van der Waals surface area contributed by atoms with Crippen LogP contribution in [0.25, 0.3) is 11.1 Å². The molecule has 1 aliphatic rings. The van der Waals surface area contributed by atoms with Crippen LogP contribution in [0.5, 0.6) is 5.75 Å². The molecule has 0 radical (unpaired) electrons. The minimum atomic E-state index is -3.65. The number of hydrogen-bond donors (Lipinski definition) is 1. The Morgan fingerprint density at radius 1 is 1.04 bits per heavy atom. The van der Waals surface area contributed by atoms with E-state index in [2.05, 4.69) is 9.88 Å². The van der Waals surface area contributed by atoms with Crippen molar-refractivity contribution >= 4 is 26.8 Å². The zero-order valence-electron chi connectivity index (χ0n) is 14.7. The average Bonchev–Trinajstić information content (AvgIpc) is 3.07. The first-order valence-electron chi connectivity index (χ1n) is 8.49. The lowest BCUT2D eigenvalue weighted by molar-refractivity contribution is 0.384. The number of aromatic amines is 1. The van der Waals surface area contributed by atoms with Gasteiger partial charge >= 0.3 is 5.76 Å². The van der Waals surface area contributed by atoms with Crippen LogP contribution in [0, 0.1) is 0 Å². The molecular formula is C18H19N3O5S. The van der Waals surface area contributed by atoms with Crippen molar-refractivity contribution in [2.45, 2.75) is 4.90 Å². The van der Waals surface area contributed by atoms with Crippen LogP contribution >= 0.6 is 0 Å². The number of anilines is 1. The number of nitrogens with zero attached hydrogens (tertiary/aromatic N) is 2. The van der Waals surface area contributed by atoms with Crippen LogP contribution in [0.15, 0.2) is 56.6 Å². The lowest BCUT2D eigenvalue weighted by Gasteiger charge is -2.35. The van der Waals surface area contributed by atoms with Crippen molar-refractivity contribution in [2.75, 3.05) is 38.2 Å². The highest BCUT2D eigenvalue weighted by atomic mass is 32.2. The highest BCUT2D eigenvalue weighted by molar-refractivity contribution is 7.89. The molecule has 1 N–H and O–H groups in total. The van der Waals surface area contributed by atoms with Crippen LogP contribution in [0.2, 0.25) is 0 Å². The van der Waals surface area contributed by atoms with Crippen LogP contribution in [-0.4, -0.2) is 51.0 Å². The number of fused-ring (bicyclic) bond motifs is 1. The van der Waals surface area contributed by atoms with E-state index in [0.717, 1.165) is 11.4 Å². The molecule has 1 saturated heterocycles. The second kappa shape index (κ2) is 6.75. The smallest absolute Gasteiger partial charge is 0.417 e. The molecule has 4 rings (SSSR count). The molecule has 0 bridgehead atoms. The summed E-state index contributed by atoms with van der Waals surface area (Å²) in [5.74, 6) is 0.180. The molecule has 27 heavy (non-hydrogen) atoms. The van der Waals surface area contributed by atoms with Crippen molar-refractivity contribution < 1.29 is 17.6 Å². The second-order valence-corrected chi connectivity index (χ2v) is 8.20. The van der Waals surface area contributed by atoms with E-state index in [1.165, 1.54) is 16.4 Å². The Hall–Kier alpha value is -2.78. The van der Waals surface area contributed by atoms with Gasteiger partial charge in [-0.3, -0.25) is 4.98 Å². The molecule has 142 valence electrons. The van der Waals surface area contributed by atoms with Crippen LogP contribution in [0.4, 0.5) is 5.69 Å². The van der Waals surface area contributed by atoms with Gasteiger partial charge in [-0.25, -0.2) is 13.2 Å². The van der Waals surface area contributed by atoms with E-state index < -0.39 is 15.8 Å². The van der Waals surface area contributed by atoms with Crippen molar-refractivity contribution in [1.29, 1.82) is 0 Å². The summed E-state index contributed by atoms with van der Waals surface area (Å²) in [7, 11) is -2.03. The number of aromatic nitrogens is 1. The van der Waals surface area contributed by atoms with E-state index >= 15 is 0 Å². The Kier molecular flexibility index (Phi) is 4.40. The van der Waals surface area contributed by atoms with Crippen molar-refractivity contribution in [2.24, 2.45) is 0 Å². The summed E-state index contributed by atoms with van der Waals surface area (Å²) in [5.41, 5.74) is 1.74. The number of rotatable bonds is 4. The van der Waals surface area contributed by atoms with Crippen molar-refractivity contribution in [3.05, 3.63) is 53.0 Å². The SMILES string of the molecule is COc1ccc(N2CCN(S(=O)(=O)c3ccc4[nH]c(=O)oc4c3)CC2)cc1. The third kappa shape index (κ3) is 3.31. The van der Waals surface area contributed by atoms with E-state index in [4.69, 9.17) is 9.15 Å². The fraction of sp³-hybridized carbons (Fsp3) is 0.278. The Balaban J connectivity index is 1.50. The van der Waals surface area contributed by atoms with Gasteiger partial charge in [0, 0.05) is 37.9 Å². The molecule has 0 spiro atoms. The summed E-state index contributed by atoms with van der Waals surface area (Å²) >= 11 is 0. The van der Waals surface area contributed by atoms with Gasteiger partial charge in [0.25, 0.3) is 0 Å². The van der Waals surface area contributed by atoms with Gasteiger partial charge in [-0.15, -0.1) is 0 Å². The molecule has 9 heteroatoms. The molecule has 2 heterocycles. The molecule has 1 fully saturated rings. The summed E-state index contributed by atoms with van der Waals surface area (Å²) in [6.07, 6.45) is 0. The van der Waals surface area contributed by atoms with Gasteiger partial charge in [-0.05, 0) is 36.4 Å². The molecule has 0 unspecified atom stereocenters. The highest BCUT2D eigenvalue weighted by Gasteiger charge is 2.29. The van der Waals surface area contributed by atoms with Crippen LogP contribution in [-0.2, 0) is 10.0 Å². The van der Waals surface area contributed by atoms with Gasteiger partial charge in [-0.2, -0.15) is 4.31 Å². The maximum absolute atomic E-state index is 12.9. The maximum atomic E-state index is 12.9. The highest BCUT2D eigenvalue weighted by Crippen LogP contribution is 2.24. The monoisotopic (exact) mass is 389 g/mol. The van der Waals surface area contributed by atoms with Crippen LogP contribution in [0.3, 0.4) is 0 Å².